The van der Waals surface area contributed by atoms with Crippen molar-refractivity contribution in [2.75, 3.05) is 34.0 Å². The summed E-state index contributed by atoms with van der Waals surface area (Å²) in [4.78, 5) is 2.14. The number of benzene rings is 1. The van der Waals surface area contributed by atoms with Gasteiger partial charge >= 0.3 is 0 Å². The third-order valence-corrected chi connectivity index (χ3v) is 3.09. The highest BCUT2D eigenvalue weighted by molar-refractivity contribution is 5.33. The number of nitrogens with zero attached hydrogens (tertiary/aromatic N) is 2. The number of rotatable bonds is 8. The molecule has 0 fully saturated rings. The Bertz CT molecular complexity index is 460. The second-order valence-electron chi connectivity index (χ2n) is 4.73. The van der Waals surface area contributed by atoms with E-state index in [2.05, 4.69) is 4.90 Å². The zero-order chi connectivity index (χ0) is 15.0. The first kappa shape index (κ1) is 16.6. The Morgan fingerprint density at radius 3 is 2.65 bits per heavy atom. The van der Waals surface area contributed by atoms with Crippen LogP contribution in [-0.4, -0.2) is 44.9 Å². The van der Waals surface area contributed by atoms with Gasteiger partial charge in [-0.05, 0) is 30.7 Å². The fraction of sp³-hybridized carbons (Fsp3) is 0.533. The van der Waals surface area contributed by atoms with Crippen molar-refractivity contribution in [2.45, 2.75) is 19.5 Å². The quantitative estimate of drug-likeness (QED) is 0.732. The van der Waals surface area contributed by atoms with E-state index in [0.717, 1.165) is 12.1 Å². The fourth-order valence-electron chi connectivity index (χ4n) is 2.05. The van der Waals surface area contributed by atoms with Crippen LogP contribution >= 0.6 is 0 Å². The summed E-state index contributed by atoms with van der Waals surface area (Å²) >= 11 is 0. The van der Waals surface area contributed by atoms with Crippen molar-refractivity contribution in [1.82, 2.24) is 4.90 Å². The molecular formula is C15H21FN2O2. The fourth-order valence-corrected chi connectivity index (χ4v) is 2.05. The molecule has 20 heavy (non-hydrogen) atoms. The second kappa shape index (κ2) is 8.64. The van der Waals surface area contributed by atoms with E-state index < -0.39 is 0 Å². The molecule has 0 aliphatic heterocycles. The molecule has 0 amide bonds. The van der Waals surface area contributed by atoms with Gasteiger partial charge < -0.3 is 9.47 Å². The van der Waals surface area contributed by atoms with Gasteiger partial charge in [0.15, 0.2) is 0 Å². The van der Waals surface area contributed by atoms with E-state index in [1.807, 2.05) is 13.0 Å². The summed E-state index contributed by atoms with van der Waals surface area (Å²) in [6.45, 7) is 4.50. The maximum absolute atomic E-state index is 13.4. The number of nitriles is 1. The number of methoxy groups -OCH3 is 2. The Morgan fingerprint density at radius 1 is 1.30 bits per heavy atom. The van der Waals surface area contributed by atoms with E-state index in [0.29, 0.717) is 25.3 Å². The standard InChI is InChI=1S/C15H21FN2O2/c1-12(11-20-3)18(4-5-19-2)10-14-6-13(9-17)7-15(16)8-14/h6-8,12H,4-5,10-11H2,1-3H3. The summed E-state index contributed by atoms with van der Waals surface area (Å²) < 4.78 is 23.7. The van der Waals surface area contributed by atoms with Gasteiger partial charge in [-0.1, -0.05) is 0 Å². The monoisotopic (exact) mass is 280 g/mol. The number of ether oxygens (including phenoxy) is 2. The third kappa shape index (κ3) is 5.25. The number of hydrogen-bond acceptors (Lipinski definition) is 4. The molecule has 1 aromatic carbocycles. The van der Waals surface area contributed by atoms with E-state index in [1.165, 1.54) is 12.1 Å². The number of halogens is 1. The smallest absolute Gasteiger partial charge is 0.124 e. The van der Waals surface area contributed by atoms with E-state index in [1.54, 1.807) is 20.3 Å². The van der Waals surface area contributed by atoms with Gasteiger partial charge in [-0.15, -0.1) is 0 Å². The van der Waals surface area contributed by atoms with Crippen LogP contribution < -0.4 is 0 Å². The summed E-state index contributed by atoms with van der Waals surface area (Å²) in [6.07, 6.45) is 0. The maximum Gasteiger partial charge on any atom is 0.124 e. The minimum absolute atomic E-state index is 0.184. The first-order valence-corrected chi connectivity index (χ1v) is 6.52. The zero-order valence-electron chi connectivity index (χ0n) is 12.2. The molecule has 0 heterocycles. The van der Waals surface area contributed by atoms with Crippen molar-refractivity contribution in [3.63, 3.8) is 0 Å². The lowest BCUT2D eigenvalue weighted by atomic mass is 10.1. The Kier molecular flexibility index (Phi) is 7.16. The molecule has 1 atom stereocenters. The molecule has 0 aliphatic carbocycles. The van der Waals surface area contributed by atoms with Gasteiger partial charge in [0, 0.05) is 33.4 Å². The second-order valence-corrected chi connectivity index (χ2v) is 4.73. The lowest BCUT2D eigenvalue weighted by molar-refractivity contribution is 0.0704. The zero-order valence-corrected chi connectivity index (χ0v) is 12.2. The van der Waals surface area contributed by atoms with Crippen molar-refractivity contribution < 1.29 is 13.9 Å². The lowest BCUT2D eigenvalue weighted by Crippen LogP contribution is -2.38. The lowest BCUT2D eigenvalue weighted by Gasteiger charge is -2.28. The summed E-state index contributed by atoms with van der Waals surface area (Å²) in [5, 5.41) is 8.89. The molecule has 0 spiro atoms. The minimum atomic E-state index is -0.384. The molecule has 1 rings (SSSR count). The van der Waals surface area contributed by atoms with E-state index >= 15 is 0 Å². The summed E-state index contributed by atoms with van der Waals surface area (Å²) in [7, 11) is 3.30. The van der Waals surface area contributed by atoms with Crippen molar-refractivity contribution in [1.29, 1.82) is 5.26 Å². The molecule has 0 saturated heterocycles. The average Bonchev–Trinajstić information content (AvgIpc) is 2.42. The Balaban J connectivity index is 2.82. The van der Waals surface area contributed by atoms with Crippen LogP contribution in [0.15, 0.2) is 18.2 Å². The van der Waals surface area contributed by atoms with Crippen LogP contribution in [0.3, 0.4) is 0 Å². The molecule has 0 saturated carbocycles. The van der Waals surface area contributed by atoms with Crippen LogP contribution in [0.2, 0.25) is 0 Å². The van der Waals surface area contributed by atoms with Crippen LogP contribution in [0, 0.1) is 17.1 Å². The molecule has 0 radical (unpaired) electrons. The highest BCUT2D eigenvalue weighted by atomic mass is 19.1. The average molecular weight is 280 g/mol. The van der Waals surface area contributed by atoms with Crippen LogP contribution in [0.5, 0.6) is 0 Å². The van der Waals surface area contributed by atoms with Crippen molar-refractivity contribution >= 4 is 0 Å². The molecule has 110 valence electrons. The van der Waals surface area contributed by atoms with Gasteiger partial charge in [-0.2, -0.15) is 5.26 Å². The van der Waals surface area contributed by atoms with Crippen molar-refractivity contribution in [2.24, 2.45) is 0 Å². The van der Waals surface area contributed by atoms with Crippen LogP contribution in [0.4, 0.5) is 4.39 Å². The van der Waals surface area contributed by atoms with Gasteiger partial charge in [0.2, 0.25) is 0 Å². The van der Waals surface area contributed by atoms with Crippen molar-refractivity contribution in [3.8, 4) is 6.07 Å². The summed E-state index contributed by atoms with van der Waals surface area (Å²) in [5.41, 5.74) is 1.12. The highest BCUT2D eigenvalue weighted by Crippen LogP contribution is 2.13. The maximum atomic E-state index is 13.4. The van der Waals surface area contributed by atoms with Gasteiger partial charge in [-0.25, -0.2) is 4.39 Å². The van der Waals surface area contributed by atoms with Gasteiger partial charge in [0.25, 0.3) is 0 Å². The highest BCUT2D eigenvalue weighted by Gasteiger charge is 2.14. The minimum Gasteiger partial charge on any atom is -0.383 e. The van der Waals surface area contributed by atoms with E-state index in [9.17, 15) is 4.39 Å². The topological polar surface area (TPSA) is 45.5 Å². The molecule has 0 aliphatic rings. The predicted molar refractivity (Wildman–Crippen MR) is 74.7 cm³/mol. The van der Waals surface area contributed by atoms with E-state index in [-0.39, 0.29) is 11.9 Å². The SMILES string of the molecule is COCCN(Cc1cc(F)cc(C#N)c1)C(C)COC. The van der Waals surface area contributed by atoms with Gasteiger partial charge in [0.05, 0.1) is 24.8 Å². The molecule has 1 unspecified atom stereocenters. The predicted octanol–water partition coefficient (Wildman–Crippen LogP) is 2.18. The molecule has 0 aromatic heterocycles. The molecule has 4 nitrogen and oxygen atoms in total. The first-order chi connectivity index (χ1) is 9.60. The Morgan fingerprint density at radius 2 is 2.05 bits per heavy atom. The molecular weight excluding hydrogens is 259 g/mol. The van der Waals surface area contributed by atoms with Crippen LogP contribution in [0.1, 0.15) is 18.1 Å². The van der Waals surface area contributed by atoms with Gasteiger partial charge in [-0.3, -0.25) is 4.90 Å². The Hall–Kier alpha value is -1.48. The van der Waals surface area contributed by atoms with Crippen molar-refractivity contribution in [3.05, 3.63) is 35.1 Å². The molecule has 0 bridgehead atoms. The largest absolute Gasteiger partial charge is 0.383 e. The van der Waals surface area contributed by atoms with E-state index in [4.69, 9.17) is 14.7 Å². The third-order valence-electron chi connectivity index (χ3n) is 3.09. The summed E-state index contributed by atoms with van der Waals surface area (Å²) in [6, 6.07) is 6.56. The van der Waals surface area contributed by atoms with Gasteiger partial charge in [0.1, 0.15) is 5.82 Å². The molecule has 1 aromatic rings. The van der Waals surface area contributed by atoms with Crippen LogP contribution in [0.25, 0.3) is 0 Å². The number of hydrogen-bond donors (Lipinski definition) is 0. The Labute approximate surface area is 119 Å². The summed E-state index contributed by atoms with van der Waals surface area (Å²) in [5.74, 6) is -0.384. The van der Waals surface area contributed by atoms with Crippen LogP contribution in [-0.2, 0) is 16.0 Å². The molecule has 0 N–H and O–H groups in total. The molecule has 5 heteroatoms. The first-order valence-electron chi connectivity index (χ1n) is 6.52. The normalized spacial score (nSPS) is 12.4.